The number of rotatable bonds is 15. The van der Waals surface area contributed by atoms with E-state index in [4.69, 9.17) is 21.2 Å². The second-order valence-electron chi connectivity index (χ2n) is 5.73. The highest BCUT2D eigenvalue weighted by molar-refractivity contribution is 6.82. The molecule has 134 valence electrons. The van der Waals surface area contributed by atoms with Crippen LogP contribution in [0.4, 0.5) is 0 Å². The summed E-state index contributed by atoms with van der Waals surface area (Å²) < 4.78 is 30.1. The van der Waals surface area contributed by atoms with Gasteiger partial charge in [-0.05, 0) is 32.0 Å². The fourth-order valence-corrected chi connectivity index (χ4v) is 16.0. The molecule has 0 rings (SSSR count). The third kappa shape index (κ3) is 10.6. The highest BCUT2D eigenvalue weighted by Crippen LogP contribution is 2.22. The van der Waals surface area contributed by atoms with Gasteiger partial charge in [0, 0.05) is 13.2 Å². The third-order valence-electron chi connectivity index (χ3n) is 3.07. The topological polar surface area (TPSA) is 46.2 Å². The van der Waals surface area contributed by atoms with E-state index >= 15 is 0 Å². The van der Waals surface area contributed by atoms with Crippen LogP contribution in [0.3, 0.4) is 0 Å². The lowest BCUT2D eigenvalue weighted by Gasteiger charge is -2.35. The van der Waals surface area contributed by atoms with Gasteiger partial charge >= 0.3 is 9.05 Å². The Labute approximate surface area is 146 Å². The molecule has 0 N–H and O–H groups in total. The first-order valence-electron chi connectivity index (χ1n) is 8.65. The minimum Gasteiger partial charge on any atom is -0.402 e. The molecule has 0 unspecified atom stereocenters. The Morgan fingerprint density at radius 3 is 1.77 bits per heavy atom. The smallest absolute Gasteiger partial charge is 0.402 e. The van der Waals surface area contributed by atoms with Gasteiger partial charge in [0.25, 0.3) is 0 Å². The van der Waals surface area contributed by atoms with Crippen LogP contribution in [-0.2, 0) is 21.2 Å². The molecule has 0 aromatic carbocycles. The fraction of sp³-hybridized carbons (Fsp3) is 1.00. The first kappa shape index (κ1) is 22.9. The Morgan fingerprint density at radius 1 is 0.818 bits per heavy atom. The lowest BCUT2D eigenvalue weighted by molar-refractivity contribution is 0.130. The zero-order valence-electron chi connectivity index (χ0n) is 15.4. The molecule has 0 saturated heterocycles. The van der Waals surface area contributed by atoms with Gasteiger partial charge in [0.05, 0.1) is 0 Å². The molecule has 22 heavy (non-hydrogen) atoms. The van der Waals surface area contributed by atoms with E-state index in [1.807, 2.05) is 0 Å². The molecule has 0 amide bonds. The first-order valence-corrected chi connectivity index (χ1v) is 19.4. The lowest BCUT2D eigenvalue weighted by atomic mass is 10.4. The molecule has 0 heterocycles. The summed E-state index contributed by atoms with van der Waals surface area (Å²) in [6.45, 7) is 14.7. The van der Waals surface area contributed by atoms with Crippen LogP contribution < -0.4 is 0 Å². The average Bonchev–Trinajstić information content (AvgIpc) is 2.43. The maximum atomic E-state index is 6.43. The second-order valence-corrected chi connectivity index (χ2v) is 16.8. The maximum Gasteiger partial charge on any atom is 0.635 e. The van der Waals surface area contributed by atoms with E-state index in [1.165, 1.54) is 6.42 Å². The molecule has 0 aliphatic carbocycles. The van der Waals surface area contributed by atoms with Crippen molar-refractivity contribution in [3.63, 3.8) is 0 Å². The Kier molecular flexibility index (Phi) is 13.7. The molecule has 0 saturated carbocycles. The van der Waals surface area contributed by atoms with Gasteiger partial charge in [-0.1, -0.05) is 33.0 Å². The van der Waals surface area contributed by atoms with Crippen molar-refractivity contribution >= 4 is 46.7 Å². The summed E-state index contributed by atoms with van der Waals surface area (Å²) in [5.74, 6) is 0. The van der Waals surface area contributed by atoms with Gasteiger partial charge in [-0.15, -0.1) is 0 Å². The zero-order chi connectivity index (χ0) is 16.9. The van der Waals surface area contributed by atoms with Gasteiger partial charge in [0.1, 0.15) is 0 Å². The van der Waals surface area contributed by atoms with Gasteiger partial charge in [0.2, 0.25) is 0 Å². The summed E-state index contributed by atoms with van der Waals surface area (Å²) in [6, 6.07) is 1.06. The highest BCUT2D eigenvalue weighted by atomic mass is 28.5. The van der Waals surface area contributed by atoms with Crippen LogP contribution in [0, 0.1) is 0 Å². The first-order chi connectivity index (χ1) is 10.4. The monoisotopic (exact) mass is 400 g/mol. The molecule has 0 aromatic heterocycles. The van der Waals surface area contributed by atoms with Crippen LogP contribution in [0.25, 0.3) is 0 Å². The Hall–Kier alpha value is 0.884. The molecule has 0 aliphatic rings. The average molecular weight is 401 g/mol. The van der Waals surface area contributed by atoms with Crippen LogP contribution in [0.2, 0.25) is 38.8 Å². The van der Waals surface area contributed by atoms with Crippen molar-refractivity contribution in [2.45, 2.75) is 65.0 Å². The van der Waals surface area contributed by atoms with Gasteiger partial charge in [-0.3, -0.25) is 0 Å². The van der Waals surface area contributed by atoms with Crippen molar-refractivity contribution in [3.05, 3.63) is 0 Å². The molecule has 0 aromatic rings. The molecule has 0 fully saturated rings. The maximum absolute atomic E-state index is 6.43. The van der Waals surface area contributed by atoms with Crippen molar-refractivity contribution in [1.82, 2.24) is 0 Å². The Bertz CT molecular complexity index is 253. The van der Waals surface area contributed by atoms with Crippen LogP contribution >= 0.6 is 0 Å². The summed E-state index contributed by atoms with van der Waals surface area (Å²) in [6.07, 6.45) is 3.38. The molecule has 5 nitrogen and oxygen atoms in total. The Balaban J connectivity index is 4.39. The quantitative estimate of drug-likeness (QED) is 0.306. The predicted octanol–water partition coefficient (Wildman–Crippen LogP) is 1.30. The van der Waals surface area contributed by atoms with Crippen molar-refractivity contribution in [1.29, 1.82) is 0 Å². The van der Waals surface area contributed by atoms with E-state index in [9.17, 15) is 0 Å². The molecule has 0 bridgehead atoms. The molecule has 10 heteroatoms. The van der Waals surface area contributed by atoms with E-state index in [-0.39, 0.29) is 0 Å². The van der Waals surface area contributed by atoms with Crippen molar-refractivity contribution < 1.29 is 21.2 Å². The number of unbranched alkanes of at least 4 members (excludes halogenated alkanes) is 1. The van der Waals surface area contributed by atoms with E-state index in [2.05, 4.69) is 39.7 Å². The minimum absolute atomic E-state index is 0.604. The predicted molar refractivity (Wildman–Crippen MR) is 106 cm³/mol. The Morgan fingerprint density at radius 2 is 1.32 bits per heavy atom. The van der Waals surface area contributed by atoms with Gasteiger partial charge < -0.3 is 21.2 Å². The summed E-state index contributed by atoms with van der Waals surface area (Å²) in [5, 5.41) is 0. The lowest BCUT2D eigenvalue weighted by Crippen LogP contribution is -2.57. The second kappa shape index (κ2) is 13.2. The van der Waals surface area contributed by atoms with Crippen LogP contribution in [0.1, 0.15) is 26.2 Å². The molecule has 0 spiro atoms. The minimum atomic E-state index is -2.81. The number of hydrogen-bond donors (Lipinski definition) is 0. The van der Waals surface area contributed by atoms with E-state index in [0.29, 0.717) is 0 Å². The standard InChI is InChI=1S/C12H36O5Si5/c1-7-8-10-13-11-9-12-21(5,6)17-22(14-18-2,15-19-3)16-20-4/h7-12,18-20H2,1-6H3. The van der Waals surface area contributed by atoms with Crippen LogP contribution in [0.5, 0.6) is 0 Å². The molecule has 0 aliphatic heterocycles. The van der Waals surface area contributed by atoms with E-state index < -0.39 is 46.7 Å². The van der Waals surface area contributed by atoms with Crippen molar-refractivity contribution in [3.8, 4) is 0 Å². The van der Waals surface area contributed by atoms with Crippen LogP contribution in [0.15, 0.2) is 0 Å². The normalized spacial score (nSPS) is 16.6. The molecular formula is C12H36O5Si5. The fourth-order valence-electron chi connectivity index (χ4n) is 2.08. The van der Waals surface area contributed by atoms with Gasteiger partial charge in [-0.25, -0.2) is 0 Å². The van der Waals surface area contributed by atoms with Gasteiger partial charge in [0.15, 0.2) is 37.6 Å². The SMILES string of the molecule is CCCCOCCC[Si](C)(C)O[Si](O[SiH2]C)(O[SiH2]C)O[SiH2]C. The number of hydrogen-bond acceptors (Lipinski definition) is 5. The molecule has 0 atom stereocenters. The van der Waals surface area contributed by atoms with Crippen molar-refractivity contribution in [2.24, 2.45) is 0 Å². The number of ether oxygens (including phenoxy) is 1. The summed E-state index contributed by atoms with van der Waals surface area (Å²) in [7, 11) is -6.46. The van der Waals surface area contributed by atoms with E-state index in [1.54, 1.807) is 0 Å². The van der Waals surface area contributed by atoms with Crippen molar-refractivity contribution in [2.75, 3.05) is 13.2 Å². The zero-order valence-corrected chi connectivity index (χ0v) is 21.6. The summed E-state index contributed by atoms with van der Waals surface area (Å²) >= 11 is 0. The molecular weight excluding hydrogens is 365 g/mol. The highest BCUT2D eigenvalue weighted by Gasteiger charge is 2.47. The molecule has 0 radical (unpaired) electrons. The van der Waals surface area contributed by atoms with Crippen LogP contribution in [-0.4, -0.2) is 59.9 Å². The summed E-state index contributed by atoms with van der Waals surface area (Å²) in [5.41, 5.74) is 0. The van der Waals surface area contributed by atoms with Gasteiger partial charge in [-0.2, -0.15) is 0 Å². The largest absolute Gasteiger partial charge is 0.635 e. The summed E-state index contributed by atoms with van der Waals surface area (Å²) in [4.78, 5) is 0. The van der Waals surface area contributed by atoms with E-state index in [0.717, 1.165) is 32.1 Å². The third-order valence-corrected chi connectivity index (χ3v) is 15.5.